The van der Waals surface area contributed by atoms with Crippen molar-refractivity contribution in [3.05, 3.63) is 64.4 Å². The van der Waals surface area contributed by atoms with E-state index in [1.54, 1.807) is 18.5 Å². The number of nitrogens with zero attached hydrogens (tertiary/aromatic N) is 2. The Labute approximate surface area is 119 Å². The summed E-state index contributed by atoms with van der Waals surface area (Å²) in [6, 6.07) is 13.2. The van der Waals surface area contributed by atoms with Gasteiger partial charge in [0, 0.05) is 22.4 Å². The fourth-order valence-corrected chi connectivity index (χ4v) is 2.19. The van der Waals surface area contributed by atoms with Crippen molar-refractivity contribution in [1.82, 2.24) is 4.98 Å². The van der Waals surface area contributed by atoms with E-state index in [4.69, 9.17) is 11.6 Å². The Balaban J connectivity index is 2.55. The maximum absolute atomic E-state index is 9.25. The molecule has 88 valence electrons. The summed E-state index contributed by atoms with van der Waals surface area (Å²) < 4.78 is 0.918. The van der Waals surface area contributed by atoms with E-state index < -0.39 is 0 Å². The minimum absolute atomic E-state index is 0.419. The highest BCUT2D eigenvalue weighted by Gasteiger charge is 2.09. The van der Waals surface area contributed by atoms with Crippen molar-refractivity contribution in [3.63, 3.8) is 0 Å². The fourth-order valence-electron chi connectivity index (χ4n) is 1.52. The third-order valence-electron chi connectivity index (χ3n) is 2.36. The number of halogens is 2. The van der Waals surface area contributed by atoms with Crippen LogP contribution < -0.4 is 0 Å². The van der Waals surface area contributed by atoms with Gasteiger partial charge >= 0.3 is 0 Å². The number of hydrogen-bond donors (Lipinski definition) is 0. The van der Waals surface area contributed by atoms with Gasteiger partial charge < -0.3 is 0 Å². The van der Waals surface area contributed by atoms with Crippen LogP contribution in [0.3, 0.4) is 0 Å². The lowest BCUT2D eigenvalue weighted by Gasteiger charge is -2.04. The van der Waals surface area contributed by atoms with Gasteiger partial charge in [0.2, 0.25) is 0 Å². The molecular weight excluding hydrogens is 312 g/mol. The molecule has 0 atom stereocenters. The number of aromatic nitrogens is 1. The molecule has 2 rings (SSSR count). The fraction of sp³-hybridized carbons (Fsp3) is 0. The van der Waals surface area contributed by atoms with Gasteiger partial charge in [-0.05, 0) is 23.8 Å². The predicted molar refractivity (Wildman–Crippen MR) is 76.7 cm³/mol. The molecule has 0 bridgehead atoms. The topological polar surface area (TPSA) is 36.7 Å². The average molecular weight is 320 g/mol. The monoisotopic (exact) mass is 318 g/mol. The second-order valence-corrected chi connectivity index (χ2v) is 4.85. The zero-order valence-electron chi connectivity index (χ0n) is 9.27. The molecule has 0 saturated heterocycles. The molecule has 0 saturated carbocycles. The van der Waals surface area contributed by atoms with Crippen molar-refractivity contribution in [3.8, 4) is 6.07 Å². The molecule has 2 nitrogen and oxygen atoms in total. The molecule has 0 unspecified atom stereocenters. The van der Waals surface area contributed by atoms with Crippen LogP contribution in [0.2, 0.25) is 0 Å². The van der Waals surface area contributed by atoms with Crippen LogP contribution in [-0.4, -0.2) is 4.98 Å². The largest absolute Gasteiger partial charge is 0.264 e. The van der Waals surface area contributed by atoms with Gasteiger partial charge in [-0.2, -0.15) is 5.26 Å². The highest BCUT2D eigenvalue weighted by Crippen LogP contribution is 2.30. The third kappa shape index (κ3) is 2.79. The van der Waals surface area contributed by atoms with Crippen LogP contribution in [0.15, 0.2) is 53.3 Å². The first-order chi connectivity index (χ1) is 8.72. The first-order valence-corrected chi connectivity index (χ1v) is 6.35. The Hall–Kier alpha value is -1.63. The maximum atomic E-state index is 9.25. The van der Waals surface area contributed by atoms with Crippen LogP contribution in [0.25, 0.3) is 10.6 Å². The van der Waals surface area contributed by atoms with Crippen LogP contribution in [0.5, 0.6) is 0 Å². The van der Waals surface area contributed by atoms with Gasteiger partial charge in [0.05, 0.1) is 10.6 Å². The van der Waals surface area contributed by atoms with Crippen molar-refractivity contribution in [2.24, 2.45) is 0 Å². The normalized spacial score (nSPS) is 11.6. The Bertz CT molecular complexity index is 630. The van der Waals surface area contributed by atoms with Crippen molar-refractivity contribution in [2.75, 3.05) is 0 Å². The summed E-state index contributed by atoms with van der Waals surface area (Å²) in [7, 11) is 0. The smallest absolute Gasteiger partial charge is 0.101 e. The summed E-state index contributed by atoms with van der Waals surface area (Å²) in [5.74, 6) is 0. The molecule has 0 N–H and O–H groups in total. The van der Waals surface area contributed by atoms with Crippen molar-refractivity contribution in [2.45, 2.75) is 0 Å². The van der Waals surface area contributed by atoms with E-state index in [0.717, 1.165) is 10.0 Å². The summed E-state index contributed by atoms with van der Waals surface area (Å²) >= 11 is 9.67. The van der Waals surface area contributed by atoms with Crippen LogP contribution in [0, 0.1) is 11.3 Å². The summed E-state index contributed by atoms with van der Waals surface area (Å²) in [6.45, 7) is 0. The summed E-state index contributed by atoms with van der Waals surface area (Å²) in [6.07, 6.45) is 3.28. The van der Waals surface area contributed by atoms with Gasteiger partial charge in [-0.15, -0.1) is 0 Å². The second kappa shape index (κ2) is 5.81. The van der Waals surface area contributed by atoms with E-state index in [1.807, 2.05) is 30.3 Å². The molecule has 0 aliphatic rings. The van der Waals surface area contributed by atoms with Crippen LogP contribution in [0.1, 0.15) is 11.1 Å². The minimum Gasteiger partial charge on any atom is -0.264 e. The van der Waals surface area contributed by atoms with E-state index >= 15 is 0 Å². The number of benzene rings is 1. The number of nitriles is 1. The van der Waals surface area contributed by atoms with Crippen LogP contribution in [-0.2, 0) is 0 Å². The molecule has 1 aromatic carbocycles. The van der Waals surface area contributed by atoms with Crippen molar-refractivity contribution in [1.29, 1.82) is 5.26 Å². The van der Waals surface area contributed by atoms with Crippen LogP contribution in [0.4, 0.5) is 0 Å². The molecule has 1 heterocycles. The summed E-state index contributed by atoms with van der Waals surface area (Å²) in [5, 5.41) is 9.67. The van der Waals surface area contributed by atoms with Gasteiger partial charge in [-0.25, -0.2) is 0 Å². The molecule has 0 fully saturated rings. The number of allylic oxidation sites excluding steroid dienone is 1. The maximum Gasteiger partial charge on any atom is 0.101 e. The Morgan fingerprint density at radius 1 is 1.22 bits per heavy atom. The molecule has 0 aliphatic heterocycles. The quantitative estimate of drug-likeness (QED) is 0.766. The van der Waals surface area contributed by atoms with E-state index in [9.17, 15) is 5.26 Å². The number of rotatable bonds is 2. The summed E-state index contributed by atoms with van der Waals surface area (Å²) in [4.78, 5) is 3.99. The second-order valence-electron chi connectivity index (χ2n) is 3.55. The van der Waals surface area contributed by atoms with Crippen molar-refractivity contribution >= 4 is 38.1 Å². The average Bonchev–Trinajstić information content (AvgIpc) is 2.41. The summed E-state index contributed by atoms with van der Waals surface area (Å²) in [5.41, 5.74) is 1.93. The Morgan fingerprint density at radius 3 is 2.61 bits per heavy atom. The molecule has 1 aromatic heterocycles. The van der Waals surface area contributed by atoms with E-state index in [2.05, 4.69) is 27.0 Å². The zero-order chi connectivity index (χ0) is 13.0. The molecule has 18 heavy (non-hydrogen) atoms. The van der Waals surface area contributed by atoms with E-state index in [-0.39, 0.29) is 0 Å². The van der Waals surface area contributed by atoms with Gasteiger partial charge in [0.1, 0.15) is 6.07 Å². The van der Waals surface area contributed by atoms with E-state index in [1.165, 1.54) is 0 Å². The molecule has 4 heteroatoms. The van der Waals surface area contributed by atoms with Gasteiger partial charge in [-0.3, -0.25) is 4.98 Å². The first kappa shape index (κ1) is 12.8. The minimum atomic E-state index is 0.419. The molecule has 2 aromatic rings. The predicted octanol–water partition coefficient (Wildman–Crippen LogP) is 4.47. The lowest BCUT2D eigenvalue weighted by atomic mass is 10.1. The number of pyridine rings is 1. The molecular formula is C14H8BrClN2. The molecule has 0 radical (unpaired) electrons. The Kier molecular flexibility index (Phi) is 4.14. The number of hydrogen-bond acceptors (Lipinski definition) is 2. The highest BCUT2D eigenvalue weighted by atomic mass is 79.9. The Morgan fingerprint density at radius 2 is 2.00 bits per heavy atom. The van der Waals surface area contributed by atoms with Gasteiger partial charge in [0.25, 0.3) is 0 Å². The lowest BCUT2D eigenvalue weighted by Crippen LogP contribution is -1.87. The van der Waals surface area contributed by atoms with Gasteiger partial charge in [0.15, 0.2) is 0 Å². The van der Waals surface area contributed by atoms with Crippen molar-refractivity contribution < 1.29 is 0 Å². The first-order valence-electron chi connectivity index (χ1n) is 5.18. The molecule has 0 aliphatic carbocycles. The lowest BCUT2D eigenvalue weighted by molar-refractivity contribution is 1.31. The molecule has 0 spiro atoms. The third-order valence-corrected chi connectivity index (χ3v) is 3.26. The van der Waals surface area contributed by atoms with E-state index in [0.29, 0.717) is 16.2 Å². The highest BCUT2D eigenvalue weighted by molar-refractivity contribution is 9.10. The standard InChI is InChI=1S/C14H8BrClN2/c15-12-5-1-3-10(7-12)14(16)13(8-17)11-4-2-6-18-9-11/h1-7,9H/b14-13-. The molecule has 0 amide bonds. The zero-order valence-corrected chi connectivity index (χ0v) is 11.6. The SMILES string of the molecule is N#C/C(=C(/Cl)c1cccc(Br)c1)c1cccnc1. The van der Waals surface area contributed by atoms with Gasteiger partial charge in [-0.1, -0.05) is 45.7 Å². The van der Waals surface area contributed by atoms with Crippen LogP contribution >= 0.6 is 27.5 Å².